The van der Waals surface area contributed by atoms with Gasteiger partial charge in [-0.05, 0) is 21.0 Å². The predicted octanol–water partition coefficient (Wildman–Crippen LogP) is 0.340. The minimum atomic E-state index is -4.17. The van der Waals surface area contributed by atoms with Crippen LogP contribution < -0.4 is 5.32 Å². The Bertz CT molecular complexity index is 716. The summed E-state index contributed by atoms with van der Waals surface area (Å²) in [5, 5.41) is 3.23. The van der Waals surface area contributed by atoms with Gasteiger partial charge < -0.3 is 29.3 Å². The van der Waals surface area contributed by atoms with Gasteiger partial charge in [0.25, 0.3) is 0 Å². The molecule has 0 aliphatic carbocycles. The smallest absolute Gasteiger partial charge is 0.350 e. The van der Waals surface area contributed by atoms with Crippen LogP contribution in [0.25, 0.3) is 11.2 Å². The van der Waals surface area contributed by atoms with E-state index < -0.39 is 20.0 Å². The van der Waals surface area contributed by atoms with Crippen molar-refractivity contribution in [2.24, 2.45) is 0 Å². The molecule has 0 bridgehead atoms. The molecule has 0 aromatic carbocycles. The quantitative estimate of drug-likeness (QED) is 0.544. The van der Waals surface area contributed by atoms with Gasteiger partial charge in [0.05, 0.1) is 19.0 Å². The third-order valence-electron chi connectivity index (χ3n) is 3.23. The van der Waals surface area contributed by atoms with Crippen molar-refractivity contribution in [3.05, 3.63) is 12.7 Å². The summed E-state index contributed by atoms with van der Waals surface area (Å²) in [6.07, 6.45) is 2.08. The molecule has 0 amide bonds. The monoisotopic (exact) mass is 358 g/mol. The fourth-order valence-corrected chi connectivity index (χ4v) is 2.54. The number of hydrogen-bond acceptors (Lipinski definition) is 7. The summed E-state index contributed by atoms with van der Waals surface area (Å²) in [7, 11) is -0.191. The Hall–Kier alpha value is -1.58. The highest BCUT2D eigenvalue weighted by Crippen LogP contribution is 2.34. The number of likely N-dealkylation sites (N-methyl/N-ethyl adjacent to an activating group) is 1. The maximum Gasteiger partial charge on any atom is 0.350 e. The lowest BCUT2D eigenvalue weighted by Gasteiger charge is -2.14. The zero-order valence-electron chi connectivity index (χ0n) is 14.0. The molecule has 2 aromatic heterocycles. The molecule has 11 heteroatoms. The van der Waals surface area contributed by atoms with Crippen LogP contribution in [0.4, 0.5) is 5.82 Å². The molecule has 0 aliphatic rings. The van der Waals surface area contributed by atoms with E-state index in [0.717, 1.165) is 13.1 Å². The minimum Gasteiger partial charge on any atom is -0.367 e. The predicted molar refractivity (Wildman–Crippen MR) is 89.8 cm³/mol. The number of rotatable bonds is 9. The molecule has 0 spiro atoms. The summed E-state index contributed by atoms with van der Waals surface area (Å²) >= 11 is 0. The SMILES string of the molecule is C[C@H](Cn1cnc2c(NCCN(C)C)ncnc21)OCP(=O)(O)O. The zero-order chi connectivity index (χ0) is 17.7. The molecule has 0 unspecified atom stereocenters. The maximum atomic E-state index is 10.9. The Balaban J connectivity index is 2.06. The normalized spacial score (nSPS) is 13.6. The van der Waals surface area contributed by atoms with Gasteiger partial charge in [0.2, 0.25) is 0 Å². The lowest BCUT2D eigenvalue weighted by Crippen LogP contribution is -2.21. The first-order valence-corrected chi connectivity index (χ1v) is 9.26. The van der Waals surface area contributed by atoms with E-state index in [1.807, 2.05) is 14.1 Å². The van der Waals surface area contributed by atoms with E-state index in [9.17, 15) is 4.57 Å². The van der Waals surface area contributed by atoms with Gasteiger partial charge in [0.1, 0.15) is 18.2 Å². The second-order valence-electron chi connectivity index (χ2n) is 5.79. The molecule has 24 heavy (non-hydrogen) atoms. The van der Waals surface area contributed by atoms with Crippen LogP contribution in [0.1, 0.15) is 6.92 Å². The summed E-state index contributed by atoms with van der Waals surface area (Å²) in [5.41, 5.74) is 1.29. The molecular weight excluding hydrogens is 335 g/mol. The van der Waals surface area contributed by atoms with Gasteiger partial charge in [-0.3, -0.25) is 4.57 Å². The average molecular weight is 358 g/mol. The van der Waals surface area contributed by atoms with Crippen molar-refractivity contribution in [2.45, 2.75) is 19.6 Å². The number of nitrogens with zero attached hydrogens (tertiary/aromatic N) is 5. The summed E-state index contributed by atoms with van der Waals surface area (Å²) in [6, 6.07) is 0. The Morgan fingerprint density at radius 3 is 2.79 bits per heavy atom. The van der Waals surface area contributed by atoms with E-state index in [2.05, 4.69) is 25.2 Å². The number of fused-ring (bicyclic) bond motifs is 1. The van der Waals surface area contributed by atoms with Crippen LogP contribution >= 0.6 is 7.60 Å². The molecule has 1 atom stereocenters. The summed E-state index contributed by atoms with van der Waals surface area (Å²) < 4.78 is 17.8. The lowest BCUT2D eigenvalue weighted by atomic mass is 10.4. The highest BCUT2D eigenvalue weighted by Gasteiger charge is 2.17. The minimum absolute atomic E-state index is 0.380. The molecule has 134 valence electrons. The van der Waals surface area contributed by atoms with Crippen molar-refractivity contribution in [2.75, 3.05) is 38.8 Å². The summed E-state index contributed by atoms with van der Waals surface area (Å²) in [4.78, 5) is 32.6. The van der Waals surface area contributed by atoms with Crippen molar-refractivity contribution >= 4 is 24.6 Å². The summed E-state index contributed by atoms with van der Waals surface area (Å²) in [5.74, 6) is 0.657. The van der Waals surface area contributed by atoms with Crippen LogP contribution in [0, 0.1) is 0 Å². The van der Waals surface area contributed by atoms with Crippen molar-refractivity contribution in [1.29, 1.82) is 0 Å². The first-order valence-electron chi connectivity index (χ1n) is 7.47. The van der Waals surface area contributed by atoms with Crippen molar-refractivity contribution < 1.29 is 19.1 Å². The van der Waals surface area contributed by atoms with Crippen LogP contribution in [-0.4, -0.2) is 73.8 Å². The fourth-order valence-electron chi connectivity index (χ4n) is 2.10. The van der Waals surface area contributed by atoms with Crippen LogP contribution in [0.2, 0.25) is 0 Å². The molecule has 0 radical (unpaired) electrons. The molecule has 2 aromatic rings. The second kappa shape index (κ2) is 8.00. The van der Waals surface area contributed by atoms with Gasteiger partial charge in [-0.15, -0.1) is 0 Å². The molecule has 2 rings (SSSR count). The number of hydrogen-bond donors (Lipinski definition) is 3. The lowest BCUT2D eigenvalue weighted by molar-refractivity contribution is 0.0764. The van der Waals surface area contributed by atoms with Crippen LogP contribution in [0.15, 0.2) is 12.7 Å². The molecule has 2 heterocycles. The Labute approximate surface area is 140 Å². The van der Waals surface area contributed by atoms with Gasteiger partial charge in [0, 0.05) is 13.1 Å². The van der Waals surface area contributed by atoms with Gasteiger partial charge in [-0.1, -0.05) is 0 Å². The largest absolute Gasteiger partial charge is 0.367 e. The van der Waals surface area contributed by atoms with E-state index in [-0.39, 0.29) is 0 Å². The van der Waals surface area contributed by atoms with Crippen LogP contribution in [0.5, 0.6) is 0 Å². The number of nitrogens with one attached hydrogen (secondary N) is 1. The molecule has 0 aliphatic heterocycles. The number of ether oxygens (including phenoxy) is 1. The van der Waals surface area contributed by atoms with Gasteiger partial charge >= 0.3 is 7.60 Å². The van der Waals surface area contributed by atoms with Crippen molar-refractivity contribution in [3.63, 3.8) is 0 Å². The number of aromatic nitrogens is 4. The molecule has 0 saturated carbocycles. The van der Waals surface area contributed by atoms with Crippen molar-refractivity contribution in [3.8, 4) is 0 Å². The standard InChI is InChI=1S/C13H23N6O4P/c1-10(23-9-24(20,21)22)6-19-8-17-11-12(14-4-5-18(2)3)15-7-16-13(11)19/h7-8,10H,4-6,9H2,1-3H3,(H,14,15,16)(H2,20,21,22)/t10-/m1/s1. The fraction of sp³-hybridized carbons (Fsp3) is 0.615. The van der Waals surface area contributed by atoms with Crippen LogP contribution in [0.3, 0.4) is 0 Å². The molecular formula is C13H23N6O4P. The van der Waals surface area contributed by atoms with Gasteiger partial charge in [0.15, 0.2) is 11.5 Å². The Morgan fingerprint density at radius 1 is 1.38 bits per heavy atom. The zero-order valence-corrected chi connectivity index (χ0v) is 14.8. The maximum absolute atomic E-state index is 10.9. The molecule has 0 saturated heterocycles. The van der Waals surface area contributed by atoms with E-state index in [1.165, 1.54) is 6.33 Å². The molecule has 3 N–H and O–H groups in total. The third kappa shape index (κ3) is 5.50. The third-order valence-corrected chi connectivity index (χ3v) is 3.72. The van der Waals surface area contributed by atoms with Crippen molar-refractivity contribution in [1.82, 2.24) is 24.4 Å². The van der Waals surface area contributed by atoms with E-state index in [0.29, 0.717) is 23.5 Å². The van der Waals surface area contributed by atoms with E-state index >= 15 is 0 Å². The Kier molecular flexibility index (Phi) is 6.25. The molecule has 10 nitrogen and oxygen atoms in total. The Morgan fingerprint density at radius 2 is 2.12 bits per heavy atom. The van der Waals surface area contributed by atoms with Crippen LogP contribution in [-0.2, 0) is 15.8 Å². The van der Waals surface area contributed by atoms with Gasteiger partial charge in [-0.25, -0.2) is 15.0 Å². The highest BCUT2D eigenvalue weighted by molar-refractivity contribution is 7.51. The number of anilines is 1. The number of imidazole rings is 1. The average Bonchev–Trinajstić information content (AvgIpc) is 2.88. The first-order chi connectivity index (χ1) is 11.3. The highest BCUT2D eigenvalue weighted by atomic mass is 31.2. The van der Waals surface area contributed by atoms with E-state index in [4.69, 9.17) is 14.5 Å². The first kappa shape index (κ1) is 18.8. The molecule has 0 fully saturated rings. The topological polar surface area (TPSA) is 126 Å². The summed E-state index contributed by atoms with van der Waals surface area (Å²) in [6.45, 7) is 3.71. The van der Waals surface area contributed by atoms with E-state index in [1.54, 1.807) is 17.8 Å². The second-order valence-corrected chi connectivity index (χ2v) is 7.38. The van der Waals surface area contributed by atoms with Gasteiger partial charge in [-0.2, -0.15) is 0 Å².